The highest BCUT2D eigenvalue weighted by atomic mass is 16.5. The third-order valence-electron chi connectivity index (χ3n) is 4.40. The van der Waals surface area contributed by atoms with Crippen molar-refractivity contribution in [3.8, 4) is 0 Å². The van der Waals surface area contributed by atoms with E-state index in [-0.39, 0.29) is 12.5 Å². The quantitative estimate of drug-likeness (QED) is 0.508. The van der Waals surface area contributed by atoms with E-state index in [9.17, 15) is 19.2 Å². The van der Waals surface area contributed by atoms with E-state index >= 15 is 0 Å². The Morgan fingerprint density at radius 1 is 0.806 bits per heavy atom. The lowest BCUT2D eigenvalue weighted by atomic mass is 10.1. The summed E-state index contributed by atoms with van der Waals surface area (Å²) in [5.74, 6) is -2.02. The lowest BCUT2D eigenvalue weighted by molar-refractivity contribution is -0.146. The maximum atomic E-state index is 12.3. The maximum absolute atomic E-state index is 12.3. The highest BCUT2D eigenvalue weighted by Gasteiger charge is 2.12. The number of nitrogens with one attached hydrogen (secondary N) is 3. The van der Waals surface area contributed by atoms with Gasteiger partial charge >= 0.3 is 5.97 Å². The molecule has 0 aliphatic heterocycles. The van der Waals surface area contributed by atoms with E-state index in [2.05, 4.69) is 16.0 Å². The lowest BCUT2D eigenvalue weighted by Crippen LogP contribution is -2.32. The lowest BCUT2D eigenvalue weighted by Gasteiger charge is -2.09. The molecular weight excluding hydrogens is 398 g/mol. The standard InChI is InChI=1S/C23H21N3O5/c1-24-22(29)17-7-4-8-19(12-17)26-20(27)14-31-21(28)13-25-23(30)18-10-9-15-5-2-3-6-16(15)11-18/h2-12H,13-14H2,1H3,(H,24,29)(H,25,30)(H,26,27). The molecule has 3 rings (SSSR count). The van der Waals surface area contributed by atoms with E-state index in [0.29, 0.717) is 16.8 Å². The minimum Gasteiger partial charge on any atom is -0.454 e. The number of ether oxygens (including phenoxy) is 1. The number of anilines is 1. The molecular formula is C23H21N3O5. The van der Waals surface area contributed by atoms with Crippen LogP contribution >= 0.6 is 0 Å². The summed E-state index contributed by atoms with van der Waals surface area (Å²) in [5, 5.41) is 9.42. The predicted molar refractivity (Wildman–Crippen MR) is 116 cm³/mol. The van der Waals surface area contributed by atoms with E-state index in [1.165, 1.54) is 13.1 Å². The summed E-state index contributed by atoms with van der Waals surface area (Å²) in [7, 11) is 1.51. The fourth-order valence-corrected chi connectivity index (χ4v) is 2.86. The molecule has 0 saturated carbocycles. The van der Waals surface area contributed by atoms with Crippen LogP contribution in [0.2, 0.25) is 0 Å². The summed E-state index contributed by atoms with van der Waals surface area (Å²) in [6.45, 7) is -0.889. The van der Waals surface area contributed by atoms with Gasteiger partial charge in [0.15, 0.2) is 6.61 Å². The zero-order chi connectivity index (χ0) is 22.2. The maximum Gasteiger partial charge on any atom is 0.325 e. The molecule has 158 valence electrons. The first-order valence-electron chi connectivity index (χ1n) is 9.51. The molecule has 0 bridgehead atoms. The largest absolute Gasteiger partial charge is 0.454 e. The summed E-state index contributed by atoms with van der Waals surface area (Å²) < 4.78 is 4.89. The Balaban J connectivity index is 1.45. The first-order chi connectivity index (χ1) is 15.0. The molecule has 0 fully saturated rings. The Hall–Kier alpha value is -4.20. The molecule has 0 atom stereocenters. The van der Waals surface area contributed by atoms with Crippen LogP contribution in [0.15, 0.2) is 66.7 Å². The molecule has 3 N–H and O–H groups in total. The molecule has 3 amide bonds. The smallest absolute Gasteiger partial charge is 0.325 e. The number of hydrogen-bond donors (Lipinski definition) is 3. The Bertz CT molecular complexity index is 1140. The van der Waals surface area contributed by atoms with Crippen molar-refractivity contribution in [3.63, 3.8) is 0 Å². The third-order valence-corrected chi connectivity index (χ3v) is 4.40. The van der Waals surface area contributed by atoms with Crippen LogP contribution in [0.4, 0.5) is 5.69 Å². The van der Waals surface area contributed by atoms with Crippen molar-refractivity contribution < 1.29 is 23.9 Å². The number of esters is 1. The number of hydrogen-bond acceptors (Lipinski definition) is 5. The number of carbonyl (C=O) groups excluding carboxylic acids is 4. The second-order valence-electron chi connectivity index (χ2n) is 6.61. The van der Waals surface area contributed by atoms with Crippen LogP contribution in [-0.2, 0) is 14.3 Å². The van der Waals surface area contributed by atoms with Crippen molar-refractivity contribution in [1.29, 1.82) is 0 Å². The summed E-state index contributed by atoms with van der Waals surface area (Å²) >= 11 is 0. The molecule has 0 spiro atoms. The predicted octanol–water partition coefficient (Wildman–Crippen LogP) is 2.11. The van der Waals surface area contributed by atoms with Gasteiger partial charge in [-0.2, -0.15) is 0 Å². The van der Waals surface area contributed by atoms with Gasteiger partial charge in [-0.3, -0.25) is 19.2 Å². The van der Waals surface area contributed by atoms with E-state index in [0.717, 1.165) is 10.8 Å². The summed E-state index contributed by atoms with van der Waals surface area (Å²) in [5.41, 5.74) is 1.20. The highest BCUT2D eigenvalue weighted by molar-refractivity contribution is 6.00. The molecule has 0 unspecified atom stereocenters. The van der Waals surface area contributed by atoms with Crippen molar-refractivity contribution >= 4 is 40.2 Å². The zero-order valence-corrected chi connectivity index (χ0v) is 16.8. The van der Waals surface area contributed by atoms with Crippen molar-refractivity contribution in [2.45, 2.75) is 0 Å². The topological polar surface area (TPSA) is 114 Å². The number of amides is 3. The van der Waals surface area contributed by atoms with Gasteiger partial charge in [0.25, 0.3) is 17.7 Å². The van der Waals surface area contributed by atoms with Crippen LogP contribution in [0.25, 0.3) is 10.8 Å². The van der Waals surface area contributed by atoms with Crippen molar-refractivity contribution in [1.82, 2.24) is 10.6 Å². The second-order valence-corrected chi connectivity index (χ2v) is 6.61. The second kappa shape index (κ2) is 10.0. The number of fused-ring (bicyclic) bond motifs is 1. The van der Waals surface area contributed by atoms with Crippen molar-refractivity contribution in [3.05, 3.63) is 77.9 Å². The minimum atomic E-state index is -0.747. The number of benzene rings is 3. The highest BCUT2D eigenvalue weighted by Crippen LogP contribution is 2.15. The Morgan fingerprint density at radius 3 is 2.32 bits per heavy atom. The van der Waals surface area contributed by atoms with Gasteiger partial charge in [0.1, 0.15) is 6.54 Å². The van der Waals surface area contributed by atoms with Gasteiger partial charge in [-0.1, -0.05) is 36.4 Å². The van der Waals surface area contributed by atoms with Crippen LogP contribution < -0.4 is 16.0 Å². The number of carbonyl (C=O) groups is 4. The van der Waals surface area contributed by atoms with Gasteiger partial charge in [0, 0.05) is 23.9 Å². The van der Waals surface area contributed by atoms with Gasteiger partial charge in [0.05, 0.1) is 0 Å². The molecule has 3 aromatic carbocycles. The summed E-state index contributed by atoms with van der Waals surface area (Å²) in [6.07, 6.45) is 0. The summed E-state index contributed by atoms with van der Waals surface area (Å²) in [6, 6.07) is 19.2. The van der Waals surface area contributed by atoms with Gasteiger partial charge in [-0.25, -0.2) is 0 Å². The van der Waals surface area contributed by atoms with Crippen LogP contribution in [0.3, 0.4) is 0 Å². The molecule has 8 heteroatoms. The van der Waals surface area contributed by atoms with Crippen LogP contribution in [0, 0.1) is 0 Å². The first kappa shape index (κ1) is 21.5. The number of rotatable bonds is 7. The molecule has 0 aliphatic carbocycles. The van der Waals surface area contributed by atoms with Crippen LogP contribution in [0.1, 0.15) is 20.7 Å². The summed E-state index contributed by atoms with van der Waals surface area (Å²) in [4.78, 5) is 47.7. The normalized spacial score (nSPS) is 10.2. The average molecular weight is 419 g/mol. The van der Waals surface area contributed by atoms with Gasteiger partial charge in [-0.15, -0.1) is 0 Å². The fourth-order valence-electron chi connectivity index (χ4n) is 2.86. The zero-order valence-electron chi connectivity index (χ0n) is 16.8. The van der Waals surface area contributed by atoms with Crippen molar-refractivity contribution in [2.24, 2.45) is 0 Å². The SMILES string of the molecule is CNC(=O)c1cccc(NC(=O)COC(=O)CNC(=O)c2ccc3ccccc3c2)c1. The fraction of sp³-hybridized carbons (Fsp3) is 0.130. The molecule has 0 aromatic heterocycles. The van der Waals surface area contributed by atoms with Gasteiger partial charge < -0.3 is 20.7 Å². The van der Waals surface area contributed by atoms with Crippen LogP contribution in [-0.4, -0.2) is 43.9 Å². The third kappa shape index (κ3) is 5.89. The first-order valence-corrected chi connectivity index (χ1v) is 9.51. The van der Waals surface area contributed by atoms with Crippen molar-refractivity contribution in [2.75, 3.05) is 25.5 Å². The molecule has 0 saturated heterocycles. The molecule has 8 nitrogen and oxygen atoms in total. The molecule has 31 heavy (non-hydrogen) atoms. The molecule has 0 aliphatic rings. The molecule has 3 aromatic rings. The minimum absolute atomic E-state index is 0.287. The molecule has 0 radical (unpaired) electrons. The Morgan fingerprint density at radius 2 is 1.55 bits per heavy atom. The Labute approximate surface area is 178 Å². The van der Waals surface area contributed by atoms with Gasteiger partial charge in [0.2, 0.25) is 0 Å². The molecule has 0 heterocycles. The van der Waals surface area contributed by atoms with E-state index in [1.807, 2.05) is 30.3 Å². The van der Waals surface area contributed by atoms with E-state index in [1.54, 1.807) is 30.3 Å². The van der Waals surface area contributed by atoms with Gasteiger partial charge in [-0.05, 0) is 41.1 Å². The monoisotopic (exact) mass is 419 g/mol. The van der Waals surface area contributed by atoms with E-state index < -0.39 is 24.4 Å². The average Bonchev–Trinajstić information content (AvgIpc) is 2.80. The van der Waals surface area contributed by atoms with E-state index in [4.69, 9.17) is 4.74 Å². The Kier molecular flexibility index (Phi) is 6.95. The van der Waals surface area contributed by atoms with Crippen LogP contribution in [0.5, 0.6) is 0 Å².